The van der Waals surface area contributed by atoms with Crippen LogP contribution in [0.15, 0.2) is 36.4 Å². The Morgan fingerprint density at radius 1 is 1.05 bits per heavy atom. The van der Waals surface area contributed by atoms with Crippen LogP contribution in [-0.2, 0) is 29.0 Å². The number of nitrogens with two attached hydrogens (primary N) is 1. The fourth-order valence-electron chi connectivity index (χ4n) is 6.10. The summed E-state index contributed by atoms with van der Waals surface area (Å²) in [5, 5.41) is 10.5. The zero-order valence-corrected chi connectivity index (χ0v) is 23.1. The van der Waals surface area contributed by atoms with E-state index in [1.165, 1.54) is 0 Å². The number of para-hydroxylation sites is 1. The van der Waals surface area contributed by atoms with E-state index in [0.717, 1.165) is 22.4 Å². The van der Waals surface area contributed by atoms with Crippen LogP contribution in [0.5, 0.6) is 0 Å². The number of piperidine rings is 1. The van der Waals surface area contributed by atoms with Gasteiger partial charge in [0.15, 0.2) is 11.8 Å². The second-order valence-electron chi connectivity index (χ2n) is 11.1. The maximum atomic E-state index is 13.6. The van der Waals surface area contributed by atoms with Crippen molar-refractivity contribution in [2.24, 2.45) is 5.73 Å². The molecular weight excluding hydrogens is 526 g/mol. The Morgan fingerprint density at radius 3 is 2.54 bits per heavy atom. The van der Waals surface area contributed by atoms with Gasteiger partial charge in [-0.3, -0.25) is 14.7 Å². The number of rotatable bonds is 4. The number of H-pyrrole nitrogens is 1. The summed E-state index contributed by atoms with van der Waals surface area (Å²) in [5.41, 5.74) is 9.81. The molecule has 1 saturated heterocycles. The summed E-state index contributed by atoms with van der Waals surface area (Å²) in [4.78, 5) is 56.8. The van der Waals surface area contributed by atoms with Gasteiger partial charge >= 0.3 is 12.1 Å². The maximum absolute atomic E-state index is 13.6. The molecule has 3 aromatic rings. The molecule has 0 aliphatic carbocycles. The monoisotopic (exact) mass is 559 g/mol. The van der Waals surface area contributed by atoms with Crippen LogP contribution in [0.25, 0.3) is 10.9 Å². The van der Waals surface area contributed by atoms with Crippen molar-refractivity contribution in [2.75, 3.05) is 18.4 Å². The molecule has 4 heterocycles. The highest BCUT2D eigenvalue weighted by Gasteiger charge is 2.38. The maximum Gasteiger partial charge on any atom is 0.410 e. The molecule has 0 spiro atoms. The number of hydrogen-bond acceptors (Lipinski definition) is 6. The van der Waals surface area contributed by atoms with Gasteiger partial charge in [0, 0.05) is 55.8 Å². The van der Waals surface area contributed by atoms with Crippen LogP contribution >= 0.6 is 0 Å². The summed E-state index contributed by atoms with van der Waals surface area (Å²) < 4.78 is 5.87. The molecule has 6 rings (SSSR count). The van der Waals surface area contributed by atoms with Crippen LogP contribution < -0.4 is 11.1 Å². The quantitative estimate of drug-likeness (QED) is 0.447. The lowest BCUT2D eigenvalue weighted by molar-refractivity contribution is -0.142. The van der Waals surface area contributed by atoms with Crippen LogP contribution in [0.3, 0.4) is 0 Å². The third-order valence-corrected chi connectivity index (χ3v) is 8.35. The predicted molar refractivity (Wildman–Crippen MR) is 150 cm³/mol. The van der Waals surface area contributed by atoms with E-state index in [2.05, 4.69) is 15.5 Å². The SMILES string of the molecule is CC(C)N1Cc2c(ccc3[nH]nc(C(N)=O)c23)CC(OC(=O)N2CCC(N3Cc4ccccc4NC3=O)CC2)C1=O. The van der Waals surface area contributed by atoms with E-state index in [1.807, 2.05) is 49.1 Å². The Kier molecular flexibility index (Phi) is 6.76. The molecule has 41 heavy (non-hydrogen) atoms. The highest BCUT2D eigenvalue weighted by atomic mass is 16.6. The largest absolute Gasteiger partial charge is 0.436 e. The molecule has 3 aliphatic rings. The lowest BCUT2D eigenvalue weighted by Gasteiger charge is -2.40. The Hall–Kier alpha value is -4.61. The van der Waals surface area contributed by atoms with Crippen LogP contribution in [0.4, 0.5) is 15.3 Å². The summed E-state index contributed by atoms with van der Waals surface area (Å²) in [6.07, 6.45) is -0.178. The number of nitrogens with zero attached hydrogens (tertiary/aromatic N) is 4. The summed E-state index contributed by atoms with van der Waals surface area (Å²) in [6.45, 7) is 5.39. The number of primary amides is 1. The third kappa shape index (κ3) is 4.83. The van der Waals surface area contributed by atoms with Crippen molar-refractivity contribution in [2.45, 2.75) is 64.4 Å². The zero-order valence-electron chi connectivity index (χ0n) is 23.1. The molecule has 4 N–H and O–H groups in total. The molecule has 214 valence electrons. The first-order valence-corrected chi connectivity index (χ1v) is 13.9. The number of anilines is 1. The highest BCUT2D eigenvalue weighted by molar-refractivity contribution is 6.05. The summed E-state index contributed by atoms with van der Waals surface area (Å²) >= 11 is 0. The van der Waals surface area contributed by atoms with E-state index < -0.39 is 18.1 Å². The Balaban J connectivity index is 1.17. The number of carbonyl (C=O) groups is 4. The summed E-state index contributed by atoms with van der Waals surface area (Å²) in [7, 11) is 0. The lowest BCUT2D eigenvalue weighted by atomic mass is 9.98. The molecule has 1 fully saturated rings. The Labute approximate surface area is 236 Å². The molecule has 12 heteroatoms. The normalized spacial score (nSPS) is 19.6. The molecule has 1 unspecified atom stereocenters. The minimum atomic E-state index is -1.02. The molecule has 0 radical (unpaired) electrons. The van der Waals surface area contributed by atoms with Gasteiger partial charge in [-0.2, -0.15) is 5.10 Å². The van der Waals surface area contributed by atoms with Gasteiger partial charge in [0.05, 0.1) is 5.52 Å². The second-order valence-corrected chi connectivity index (χ2v) is 11.1. The van der Waals surface area contributed by atoms with Crippen molar-refractivity contribution in [3.05, 3.63) is 58.8 Å². The van der Waals surface area contributed by atoms with Gasteiger partial charge in [0.25, 0.3) is 11.8 Å². The van der Waals surface area contributed by atoms with E-state index in [1.54, 1.807) is 15.9 Å². The van der Waals surface area contributed by atoms with E-state index >= 15 is 0 Å². The van der Waals surface area contributed by atoms with Gasteiger partial charge in [-0.1, -0.05) is 24.3 Å². The van der Waals surface area contributed by atoms with Crippen LogP contribution in [0, 0.1) is 0 Å². The second kappa shape index (κ2) is 10.4. The highest BCUT2D eigenvalue weighted by Crippen LogP contribution is 2.32. The minimum absolute atomic E-state index is 0.00736. The van der Waals surface area contributed by atoms with Crippen molar-refractivity contribution >= 4 is 40.5 Å². The standard InChI is InChI=1S/C29H33N7O5/c1-16(2)35-15-20-17(7-8-22-24(20)25(26(30)37)33-32-22)13-23(27(35)38)41-29(40)34-11-9-19(10-12-34)36-14-18-5-3-4-6-21(18)31-28(36)39/h3-8,16,19,23H,9-15H2,1-2H3,(H2,30,37)(H,31,39)(H,32,33). The third-order valence-electron chi connectivity index (χ3n) is 8.35. The van der Waals surface area contributed by atoms with E-state index in [9.17, 15) is 19.2 Å². The molecule has 0 saturated carbocycles. The number of likely N-dealkylation sites (tertiary alicyclic amines) is 1. The first-order chi connectivity index (χ1) is 19.7. The average molecular weight is 560 g/mol. The van der Waals surface area contributed by atoms with Gasteiger partial charge in [-0.25, -0.2) is 9.59 Å². The number of hydrogen-bond donors (Lipinski definition) is 3. The van der Waals surface area contributed by atoms with Crippen molar-refractivity contribution in [1.82, 2.24) is 24.9 Å². The van der Waals surface area contributed by atoms with Crippen LogP contribution in [-0.4, -0.2) is 80.1 Å². The number of amides is 5. The lowest BCUT2D eigenvalue weighted by Crippen LogP contribution is -2.52. The molecule has 12 nitrogen and oxygen atoms in total. The number of nitrogens with one attached hydrogen (secondary N) is 2. The van der Waals surface area contributed by atoms with Gasteiger partial charge in [0.2, 0.25) is 0 Å². The summed E-state index contributed by atoms with van der Waals surface area (Å²) in [5.74, 6) is -0.950. The topological polar surface area (TPSA) is 154 Å². The Morgan fingerprint density at radius 2 is 1.80 bits per heavy atom. The number of urea groups is 1. The molecule has 1 atom stereocenters. The Bertz CT molecular complexity index is 1540. The predicted octanol–water partition coefficient (Wildman–Crippen LogP) is 2.97. The zero-order chi connectivity index (χ0) is 28.8. The van der Waals surface area contributed by atoms with Gasteiger partial charge < -0.3 is 30.5 Å². The van der Waals surface area contributed by atoms with E-state index in [0.29, 0.717) is 43.4 Å². The number of aromatic amines is 1. The van der Waals surface area contributed by atoms with E-state index in [-0.39, 0.29) is 42.7 Å². The number of aromatic nitrogens is 2. The smallest absolute Gasteiger partial charge is 0.410 e. The molecule has 2 aromatic carbocycles. The fraction of sp³-hybridized carbons (Fsp3) is 0.414. The molecule has 3 aliphatic heterocycles. The van der Waals surface area contributed by atoms with Crippen molar-refractivity contribution in [3.8, 4) is 0 Å². The van der Waals surface area contributed by atoms with Gasteiger partial charge in [-0.05, 0) is 55.5 Å². The van der Waals surface area contributed by atoms with Gasteiger partial charge in [-0.15, -0.1) is 0 Å². The van der Waals surface area contributed by atoms with Crippen LogP contribution in [0.1, 0.15) is 53.9 Å². The molecule has 0 bridgehead atoms. The van der Waals surface area contributed by atoms with Crippen molar-refractivity contribution in [1.29, 1.82) is 0 Å². The van der Waals surface area contributed by atoms with Crippen LogP contribution in [0.2, 0.25) is 0 Å². The summed E-state index contributed by atoms with van der Waals surface area (Å²) in [6, 6.07) is 11.1. The van der Waals surface area contributed by atoms with Gasteiger partial charge in [0.1, 0.15) is 0 Å². The first-order valence-electron chi connectivity index (χ1n) is 13.9. The number of ether oxygens (including phenoxy) is 1. The fourth-order valence-corrected chi connectivity index (χ4v) is 6.10. The van der Waals surface area contributed by atoms with E-state index in [4.69, 9.17) is 10.5 Å². The molecular formula is C29H33N7O5. The molecule has 1 aromatic heterocycles. The number of fused-ring (bicyclic) bond motifs is 4. The minimum Gasteiger partial charge on any atom is -0.436 e. The molecule has 5 amide bonds. The average Bonchev–Trinajstić information content (AvgIpc) is 3.34. The van der Waals surface area contributed by atoms with Crippen molar-refractivity contribution in [3.63, 3.8) is 0 Å². The number of benzene rings is 2. The first kappa shape index (κ1) is 26.6. The number of carbonyl (C=O) groups excluding carboxylic acids is 4. The van der Waals surface area contributed by atoms with Crippen molar-refractivity contribution < 1.29 is 23.9 Å².